The summed E-state index contributed by atoms with van der Waals surface area (Å²) in [6, 6.07) is 85.3. The number of hydrogen-bond acceptors (Lipinski definition) is 1. The predicted molar refractivity (Wildman–Crippen MR) is 255 cm³/mol. The minimum atomic E-state index is -0.441. The summed E-state index contributed by atoms with van der Waals surface area (Å²) < 4.78 is 2.41. The first-order valence-electron chi connectivity index (χ1n) is 21.2. The Bertz CT molecular complexity index is 3430. The van der Waals surface area contributed by atoms with E-state index < -0.39 is 5.41 Å². The van der Waals surface area contributed by atoms with E-state index in [9.17, 15) is 0 Å². The number of fused-ring (bicyclic) bond motifs is 14. The van der Waals surface area contributed by atoms with Crippen molar-refractivity contribution in [1.29, 1.82) is 0 Å². The first-order valence-corrected chi connectivity index (χ1v) is 21.2. The molecule has 0 saturated heterocycles. The quantitative estimate of drug-likeness (QED) is 0.169. The maximum absolute atomic E-state index is 2.49. The molecule has 2 aliphatic rings. The SMILES string of the molecule is c1cc(N(c2ccc(-c3cccc4ccccc34)cc2)c2ccc3c(c2)C2(c4ccccc4-c4ccccc42)c2ccccc2-3)cc(-n2c3ccccc3c3ccccc32)c1. The standard InChI is InChI=1S/C59H38N2/c1-2-19-45-39(15-1)16-13-25-46(45)40-31-33-41(34-32-40)60(42-17-14-18-43(37-42)61-57-29-11-6-23-51(57)52-24-7-12-30-58(52)61)44-35-36-50-49-22-5-10-28-55(49)59(56(50)38-44)53-26-8-3-20-47(53)48-21-4-9-27-54(48)59/h1-38H. The topological polar surface area (TPSA) is 8.17 Å². The van der Waals surface area contributed by atoms with Crippen molar-refractivity contribution in [2.75, 3.05) is 4.90 Å². The van der Waals surface area contributed by atoms with Gasteiger partial charge >= 0.3 is 0 Å². The fourth-order valence-corrected chi connectivity index (χ4v) is 10.9. The lowest BCUT2D eigenvalue weighted by atomic mass is 9.70. The second kappa shape index (κ2) is 13.0. The molecule has 0 fully saturated rings. The zero-order chi connectivity index (χ0) is 40.1. The number of hydrogen-bond donors (Lipinski definition) is 0. The first-order chi connectivity index (χ1) is 30.3. The molecule has 0 aliphatic heterocycles. The normalized spacial score (nSPS) is 13.0. The minimum Gasteiger partial charge on any atom is -0.310 e. The Morgan fingerprint density at radius 1 is 0.311 bits per heavy atom. The number of benzene rings is 10. The van der Waals surface area contributed by atoms with Crippen molar-refractivity contribution >= 4 is 49.6 Å². The molecule has 1 aromatic heterocycles. The summed E-state index contributed by atoms with van der Waals surface area (Å²) in [7, 11) is 0. The van der Waals surface area contributed by atoms with E-state index in [0.717, 1.165) is 22.7 Å². The third-order valence-corrected chi connectivity index (χ3v) is 13.4. The third kappa shape index (κ3) is 4.79. The van der Waals surface area contributed by atoms with E-state index in [0.29, 0.717) is 0 Å². The van der Waals surface area contributed by atoms with E-state index in [1.165, 1.54) is 88.2 Å². The molecular weight excluding hydrogens is 737 g/mol. The zero-order valence-corrected chi connectivity index (χ0v) is 33.3. The fourth-order valence-electron chi connectivity index (χ4n) is 10.9. The van der Waals surface area contributed by atoms with Gasteiger partial charge in [0.2, 0.25) is 0 Å². The summed E-state index contributed by atoms with van der Waals surface area (Å²) in [6.45, 7) is 0. The summed E-state index contributed by atoms with van der Waals surface area (Å²) in [5, 5.41) is 5.01. The van der Waals surface area contributed by atoms with Crippen molar-refractivity contribution in [1.82, 2.24) is 4.57 Å². The van der Waals surface area contributed by atoms with Crippen LogP contribution in [0.25, 0.3) is 71.6 Å². The molecule has 2 aliphatic carbocycles. The molecule has 1 heterocycles. The van der Waals surface area contributed by atoms with Crippen LogP contribution in [0.3, 0.4) is 0 Å². The van der Waals surface area contributed by atoms with Crippen LogP contribution in [0.2, 0.25) is 0 Å². The van der Waals surface area contributed by atoms with Crippen LogP contribution in [0, 0.1) is 0 Å². The molecule has 1 spiro atoms. The van der Waals surface area contributed by atoms with Crippen molar-refractivity contribution in [3.63, 3.8) is 0 Å². The number of aromatic nitrogens is 1. The molecular formula is C59H38N2. The molecule has 61 heavy (non-hydrogen) atoms. The highest BCUT2D eigenvalue weighted by Crippen LogP contribution is 2.63. The van der Waals surface area contributed by atoms with Gasteiger partial charge in [-0.15, -0.1) is 0 Å². The number of para-hydroxylation sites is 2. The average Bonchev–Trinajstić information content (AvgIpc) is 3.94. The Hall–Kier alpha value is -7.94. The van der Waals surface area contributed by atoms with Crippen LogP contribution in [0.15, 0.2) is 231 Å². The van der Waals surface area contributed by atoms with Gasteiger partial charge in [-0.2, -0.15) is 0 Å². The van der Waals surface area contributed by atoms with E-state index in [1.807, 2.05) is 0 Å². The molecule has 0 bridgehead atoms. The molecule has 0 amide bonds. The van der Waals surface area contributed by atoms with Gasteiger partial charge in [-0.3, -0.25) is 0 Å². The molecule has 0 unspecified atom stereocenters. The molecule has 0 saturated carbocycles. The van der Waals surface area contributed by atoms with Crippen molar-refractivity contribution in [2.45, 2.75) is 5.41 Å². The molecule has 0 atom stereocenters. The average molecular weight is 775 g/mol. The number of nitrogens with zero attached hydrogens (tertiary/aromatic N) is 2. The van der Waals surface area contributed by atoms with Crippen molar-refractivity contribution in [3.05, 3.63) is 253 Å². The minimum absolute atomic E-state index is 0.441. The molecule has 2 nitrogen and oxygen atoms in total. The van der Waals surface area contributed by atoms with Gasteiger partial charge in [-0.05, 0) is 121 Å². The van der Waals surface area contributed by atoms with E-state index in [4.69, 9.17) is 0 Å². The van der Waals surface area contributed by atoms with Gasteiger partial charge in [0.15, 0.2) is 0 Å². The van der Waals surface area contributed by atoms with Crippen LogP contribution >= 0.6 is 0 Å². The summed E-state index contributed by atoms with van der Waals surface area (Å²) in [6.07, 6.45) is 0. The molecule has 13 rings (SSSR count). The van der Waals surface area contributed by atoms with Crippen LogP contribution in [0.5, 0.6) is 0 Å². The highest BCUT2D eigenvalue weighted by Gasteiger charge is 2.51. The lowest BCUT2D eigenvalue weighted by molar-refractivity contribution is 0.793. The van der Waals surface area contributed by atoms with E-state index in [-0.39, 0.29) is 0 Å². The Morgan fingerprint density at radius 2 is 0.787 bits per heavy atom. The van der Waals surface area contributed by atoms with Gasteiger partial charge in [0.05, 0.1) is 16.4 Å². The van der Waals surface area contributed by atoms with Gasteiger partial charge in [0, 0.05) is 33.5 Å². The van der Waals surface area contributed by atoms with Crippen LogP contribution in [0.1, 0.15) is 22.3 Å². The fraction of sp³-hybridized carbons (Fsp3) is 0.0169. The Kier molecular flexibility index (Phi) is 7.26. The molecule has 284 valence electrons. The van der Waals surface area contributed by atoms with Crippen molar-refractivity contribution in [3.8, 4) is 39.1 Å². The van der Waals surface area contributed by atoms with Crippen LogP contribution in [0.4, 0.5) is 17.1 Å². The summed E-state index contributed by atoms with van der Waals surface area (Å²) >= 11 is 0. The largest absolute Gasteiger partial charge is 0.310 e. The molecule has 0 N–H and O–H groups in total. The zero-order valence-electron chi connectivity index (χ0n) is 33.3. The number of rotatable bonds is 5. The monoisotopic (exact) mass is 774 g/mol. The second-order valence-corrected chi connectivity index (χ2v) is 16.4. The predicted octanol–water partition coefficient (Wildman–Crippen LogP) is 15.4. The Balaban J connectivity index is 1.04. The van der Waals surface area contributed by atoms with Gasteiger partial charge in [0.1, 0.15) is 0 Å². The molecule has 2 heteroatoms. The van der Waals surface area contributed by atoms with E-state index >= 15 is 0 Å². The summed E-state index contributed by atoms with van der Waals surface area (Å²) in [4.78, 5) is 2.45. The maximum atomic E-state index is 2.49. The highest BCUT2D eigenvalue weighted by atomic mass is 15.1. The Labute approximate surface area is 354 Å². The lowest BCUT2D eigenvalue weighted by Gasteiger charge is -2.32. The van der Waals surface area contributed by atoms with Gasteiger partial charge < -0.3 is 9.47 Å². The third-order valence-electron chi connectivity index (χ3n) is 13.4. The number of anilines is 3. The van der Waals surface area contributed by atoms with E-state index in [1.54, 1.807) is 0 Å². The van der Waals surface area contributed by atoms with Gasteiger partial charge in [-0.25, -0.2) is 0 Å². The Morgan fingerprint density at radius 3 is 1.44 bits per heavy atom. The molecule has 11 aromatic rings. The maximum Gasteiger partial charge on any atom is 0.0726 e. The summed E-state index contributed by atoms with van der Waals surface area (Å²) in [5.74, 6) is 0. The smallest absolute Gasteiger partial charge is 0.0726 e. The van der Waals surface area contributed by atoms with E-state index in [2.05, 4.69) is 240 Å². The second-order valence-electron chi connectivity index (χ2n) is 16.4. The molecule has 10 aromatic carbocycles. The van der Waals surface area contributed by atoms with Crippen LogP contribution in [-0.2, 0) is 5.41 Å². The van der Waals surface area contributed by atoms with Crippen LogP contribution in [-0.4, -0.2) is 4.57 Å². The highest BCUT2D eigenvalue weighted by molar-refractivity contribution is 6.09. The first kappa shape index (κ1) is 34.0. The summed E-state index contributed by atoms with van der Waals surface area (Å²) in [5.41, 5.74) is 19.4. The van der Waals surface area contributed by atoms with Crippen molar-refractivity contribution in [2.24, 2.45) is 0 Å². The van der Waals surface area contributed by atoms with Gasteiger partial charge in [-0.1, -0.05) is 176 Å². The van der Waals surface area contributed by atoms with Gasteiger partial charge in [0.25, 0.3) is 0 Å². The molecule has 0 radical (unpaired) electrons. The lowest BCUT2D eigenvalue weighted by Crippen LogP contribution is -2.26. The van der Waals surface area contributed by atoms with Crippen molar-refractivity contribution < 1.29 is 0 Å². The van der Waals surface area contributed by atoms with Crippen LogP contribution < -0.4 is 4.90 Å².